The summed E-state index contributed by atoms with van der Waals surface area (Å²) in [6.07, 6.45) is 0.683. The quantitative estimate of drug-likeness (QED) is 0.539. The second kappa shape index (κ2) is 9.78. The Bertz CT molecular complexity index is 568. The minimum atomic E-state index is -2.85. The highest BCUT2D eigenvalue weighted by Crippen LogP contribution is 2.20. The number of hydrogen-bond acceptors (Lipinski definition) is 5. The fourth-order valence-corrected chi connectivity index (χ4v) is 2.70. The Morgan fingerprint density at radius 2 is 1.86 bits per heavy atom. The van der Waals surface area contributed by atoms with Crippen LogP contribution in [0.3, 0.4) is 0 Å². The van der Waals surface area contributed by atoms with Crippen molar-refractivity contribution in [1.82, 2.24) is 4.90 Å². The average Bonchev–Trinajstić information content (AvgIpc) is 2.50. The van der Waals surface area contributed by atoms with Crippen molar-refractivity contribution < 1.29 is 22.7 Å². The van der Waals surface area contributed by atoms with Gasteiger partial charge < -0.3 is 14.4 Å². The molecule has 0 aromatic heterocycles. The van der Waals surface area contributed by atoms with Crippen molar-refractivity contribution in [2.75, 3.05) is 40.5 Å². The molecule has 6 nitrogen and oxygen atoms in total. The first kappa shape index (κ1) is 18.9. The normalized spacial score (nSPS) is 10.9. The monoisotopic (exact) mass is 349 g/mol. The number of ether oxygens (including phenoxy) is 2. The third-order valence-corrected chi connectivity index (χ3v) is 4.24. The summed E-state index contributed by atoms with van der Waals surface area (Å²) in [5.74, 6) is -0.261. The first-order valence-corrected chi connectivity index (χ1v) is 8.28. The zero-order valence-corrected chi connectivity index (χ0v) is 14.2. The molecule has 1 aromatic carbocycles. The summed E-state index contributed by atoms with van der Waals surface area (Å²) >= 11 is 5.82. The van der Waals surface area contributed by atoms with Gasteiger partial charge >= 0.3 is 0 Å². The van der Waals surface area contributed by atoms with E-state index in [1.807, 2.05) is 0 Å². The van der Waals surface area contributed by atoms with Gasteiger partial charge in [-0.3, -0.25) is 4.79 Å². The number of hydrogen-bond donors (Lipinski definition) is 1. The Morgan fingerprint density at radius 3 is 2.45 bits per heavy atom. The van der Waals surface area contributed by atoms with Crippen molar-refractivity contribution in [3.05, 3.63) is 28.8 Å². The number of amides is 1. The van der Waals surface area contributed by atoms with Crippen molar-refractivity contribution in [1.29, 1.82) is 0 Å². The Hall–Kier alpha value is -1.15. The summed E-state index contributed by atoms with van der Waals surface area (Å²) in [6.45, 7) is 1.85. The highest BCUT2D eigenvalue weighted by molar-refractivity contribution is 7.72. The van der Waals surface area contributed by atoms with Crippen LogP contribution in [0.25, 0.3) is 0 Å². The molecule has 0 aliphatic rings. The number of benzene rings is 1. The largest absolute Gasteiger partial charge is 0.385 e. The van der Waals surface area contributed by atoms with Gasteiger partial charge in [-0.15, -0.1) is 0 Å². The van der Waals surface area contributed by atoms with E-state index in [1.165, 1.54) is 18.2 Å². The molecule has 22 heavy (non-hydrogen) atoms. The second-order valence-electron chi connectivity index (χ2n) is 4.55. The zero-order valence-electron chi connectivity index (χ0n) is 12.6. The minimum Gasteiger partial charge on any atom is -0.385 e. The molecule has 0 aliphatic heterocycles. The maximum absolute atomic E-state index is 12.5. The molecule has 0 aliphatic carbocycles. The van der Waals surface area contributed by atoms with Gasteiger partial charge in [-0.2, -0.15) is 0 Å². The topological polar surface area (TPSA) is 72.9 Å². The van der Waals surface area contributed by atoms with E-state index in [0.717, 1.165) is 0 Å². The second-order valence-corrected chi connectivity index (χ2v) is 5.96. The van der Waals surface area contributed by atoms with Gasteiger partial charge in [0.2, 0.25) is 0 Å². The molecule has 124 valence electrons. The predicted octanol–water partition coefficient (Wildman–Crippen LogP) is 1.44. The van der Waals surface area contributed by atoms with E-state index in [1.54, 1.807) is 19.1 Å². The molecule has 0 fully saturated rings. The lowest BCUT2D eigenvalue weighted by atomic mass is 10.2. The number of carbonyl (C=O) groups is 1. The van der Waals surface area contributed by atoms with E-state index >= 15 is 0 Å². The van der Waals surface area contributed by atoms with E-state index in [2.05, 4.69) is 0 Å². The maximum Gasteiger partial charge on any atom is 0.253 e. The minimum absolute atomic E-state index is 0.0499. The van der Waals surface area contributed by atoms with Gasteiger partial charge in [0, 0.05) is 39.5 Å². The Morgan fingerprint density at radius 1 is 1.18 bits per heavy atom. The third-order valence-electron chi connectivity index (χ3n) is 3.02. The van der Waals surface area contributed by atoms with Crippen LogP contribution in [-0.4, -0.2) is 59.7 Å². The summed E-state index contributed by atoms with van der Waals surface area (Å²) in [5.41, 5.74) is 0.284. The Labute approximate surface area is 136 Å². The molecule has 0 N–H and O–H groups in total. The number of rotatable bonds is 9. The van der Waals surface area contributed by atoms with Crippen molar-refractivity contribution >= 4 is 28.2 Å². The lowest BCUT2D eigenvalue weighted by Crippen LogP contribution is -2.35. The summed E-state index contributed by atoms with van der Waals surface area (Å²) < 4.78 is 32.3. The van der Waals surface area contributed by atoms with E-state index in [4.69, 9.17) is 21.1 Å². The molecule has 0 saturated heterocycles. The van der Waals surface area contributed by atoms with Gasteiger partial charge in [-0.1, -0.05) is 11.6 Å². The molecule has 0 atom stereocenters. The van der Waals surface area contributed by atoms with Crippen LogP contribution in [0.1, 0.15) is 16.8 Å². The van der Waals surface area contributed by atoms with Gasteiger partial charge in [0.25, 0.3) is 5.91 Å². The molecule has 1 rings (SSSR count). The zero-order chi connectivity index (χ0) is 16.5. The summed E-state index contributed by atoms with van der Waals surface area (Å²) in [7, 11) is 0.302. The number of thiol groups is 1. The van der Waals surface area contributed by atoms with Crippen LogP contribution < -0.4 is 0 Å². The molecule has 1 aromatic rings. The van der Waals surface area contributed by atoms with Crippen LogP contribution in [0.5, 0.6) is 0 Å². The molecule has 0 bridgehead atoms. The summed E-state index contributed by atoms with van der Waals surface area (Å²) in [6, 6.07) is 4.23. The van der Waals surface area contributed by atoms with Crippen LogP contribution in [0.4, 0.5) is 0 Å². The third kappa shape index (κ3) is 5.57. The summed E-state index contributed by atoms with van der Waals surface area (Å²) in [5, 5.41) is 0.107. The van der Waals surface area contributed by atoms with Crippen LogP contribution in [0, 0.1) is 0 Å². The smallest absolute Gasteiger partial charge is 0.253 e. The first-order chi connectivity index (χ1) is 10.5. The van der Waals surface area contributed by atoms with Gasteiger partial charge in [0.1, 0.15) is 0 Å². The van der Waals surface area contributed by atoms with E-state index < -0.39 is 10.7 Å². The molecule has 1 amide bonds. The summed E-state index contributed by atoms with van der Waals surface area (Å²) in [4.78, 5) is 14.1. The van der Waals surface area contributed by atoms with Gasteiger partial charge in [-0.25, -0.2) is 8.42 Å². The standard InChI is InChI=1S/C14H20ClNO5S/c1-20-8-3-6-16(7-9-21-2)14(17)11-4-5-12(15)13(10-11)22(18)19/h4-5,10,22H,3,6-9H2,1-2H3. The van der Waals surface area contributed by atoms with E-state index in [9.17, 15) is 13.2 Å². The molecule has 0 unspecified atom stereocenters. The fraction of sp³-hybridized carbons (Fsp3) is 0.500. The van der Waals surface area contributed by atoms with Crippen LogP contribution >= 0.6 is 11.6 Å². The average molecular weight is 350 g/mol. The SMILES string of the molecule is COCCCN(CCOC)C(=O)c1ccc(Cl)c([SH](=O)=O)c1. The molecular weight excluding hydrogens is 330 g/mol. The van der Waals surface area contributed by atoms with Crippen LogP contribution in [-0.2, 0) is 20.2 Å². The number of methoxy groups -OCH3 is 2. The van der Waals surface area contributed by atoms with Crippen molar-refractivity contribution in [2.45, 2.75) is 11.3 Å². The number of carbonyl (C=O) groups excluding carboxylic acids is 1. The van der Waals surface area contributed by atoms with Gasteiger partial charge in [0.15, 0.2) is 10.7 Å². The molecule has 0 heterocycles. The Balaban J connectivity index is 2.94. The number of halogens is 1. The first-order valence-electron chi connectivity index (χ1n) is 6.72. The Kier molecular flexibility index (Phi) is 8.40. The molecule has 0 saturated carbocycles. The van der Waals surface area contributed by atoms with Crippen LogP contribution in [0.2, 0.25) is 5.02 Å². The maximum atomic E-state index is 12.5. The predicted molar refractivity (Wildman–Crippen MR) is 84.3 cm³/mol. The van der Waals surface area contributed by atoms with Crippen LogP contribution in [0.15, 0.2) is 23.1 Å². The molecule has 0 spiro atoms. The van der Waals surface area contributed by atoms with Gasteiger partial charge in [0.05, 0.1) is 16.5 Å². The van der Waals surface area contributed by atoms with E-state index in [0.29, 0.717) is 32.7 Å². The molecule has 8 heteroatoms. The number of nitrogens with zero attached hydrogens (tertiary/aromatic N) is 1. The van der Waals surface area contributed by atoms with Gasteiger partial charge in [-0.05, 0) is 24.6 Å². The fourth-order valence-electron chi connectivity index (χ4n) is 1.88. The van der Waals surface area contributed by atoms with Crippen molar-refractivity contribution in [2.24, 2.45) is 0 Å². The highest BCUT2D eigenvalue weighted by Gasteiger charge is 2.17. The molecule has 0 radical (unpaired) electrons. The van der Waals surface area contributed by atoms with Crippen molar-refractivity contribution in [3.63, 3.8) is 0 Å². The lowest BCUT2D eigenvalue weighted by molar-refractivity contribution is 0.0674. The molecular formula is C14H20ClNO5S. The van der Waals surface area contributed by atoms with E-state index in [-0.39, 0.29) is 21.4 Å². The lowest BCUT2D eigenvalue weighted by Gasteiger charge is -2.22. The van der Waals surface area contributed by atoms with Crippen molar-refractivity contribution in [3.8, 4) is 0 Å². The highest BCUT2D eigenvalue weighted by atomic mass is 35.5.